The first-order valence-corrected chi connectivity index (χ1v) is 11.2. The van der Waals surface area contributed by atoms with Crippen LogP contribution in [0.2, 0.25) is 0 Å². The molecule has 2 amide bonds. The normalized spacial score (nSPS) is 16.4. The third kappa shape index (κ3) is 7.01. The lowest BCUT2D eigenvalue weighted by atomic mass is 9.97. The highest BCUT2D eigenvalue weighted by atomic mass is 16.6. The number of carbonyl (C=O) groups excluding carboxylic acids is 2. The highest BCUT2D eigenvalue weighted by molar-refractivity contribution is 5.94. The van der Waals surface area contributed by atoms with Crippen LogP contribution in [0.1, 0.15) is 49.5 Å². The van der Waals surface area contributed by atoms with Gasteiger partial charge in [0.1, 0.15) is 18.0 Å². The monoisotopic (exact) mass is 438 g/mol. The van der Waals surface area contributed by atoms with Gasteiger partial charge in [-0.25, -0.2) is 4.79 Å². The second-order valence-electron chi connectivity index (χ2n) is 9.42. The van der Waals surface area contributed by atoms with E-state index in [1.807, 2.05) is 80.3 Å². The topological polar surface area (TPSA) is 59.1 Å². The molecule has 172 valence electrons. The number of hydrogen-bond acceptors (Lipinski definition) is 4. The van der Waals surface area contributed by atoms with Crippen molar-refractivity contribution in [1.82, 2.24) is 9.80 Å². The van der Waals surface area contributed by atoms with E-state index >= 15 is 0 Å². The Morgan fingerprint density at radius 3 is 2.41 bits per heavy atom. The van der Waals surface area contributed by atoms with Crippen LogP contribution < -0.4 is 4.74 Å². The van der Waals surface area contributed by atoms with Gasteiger partial charge in [0.15, 0.2) is 0 Å². The molecule has 0 N–H and O–H groups in total. The second kappa shape index (κ2) is 10.5. The Balaban J connectivity index is 1.52. The summed E-state index contributed by atoms with van der Waals surface area (Å²) in [7, 11) is 1.76. The van der Waals surface area contributed by atoms with Gasteiger partial charge in [-0.3, -0.25) is 4.79 Å². The number of hydrogen-bond donors (Lipinski definition) is 0. The quantitative estimate of drug-likeness (QED) is 0.638. The predicted molar refractivity (Wildman–Crippen MR) is 125 cm³/mol. The maximum atomic E-state index is 13.0. The number of para-hydroxylation sites is 1. The van der Waals surface area contributed by atoms with Gasteiger partial charge in [0.2, 0.25) is 0 Å². The van der Waals surface area contributed by atoms with Gasteiger partial charge in [-0.05, 0) is 69.4 Å². The molecule has 6 heteroatoms. The van der Waals surface area contributed by atoms with Crippen molar-refractivity contribution in [3.05, 3.63) is 65.7 Å². The summed E-state index contributed by atoms with van der Waals surface area (Å²) in [6, 6.07) is 17.3. The smallest absolute Gasteiger partial charge is 0.410 e. The molecule has 3 rings (SSSR count). The molecule has 1 unspecified atom stereocenters. The molecule has 1 aliphatic rings. The Morgan fingerprint density at radius 2 is 1.75 bits per heavy atom. The molecular weight excluding hydrogens is 404 g/mol. The van der Waals surface area contributed by atoms with Crippen molar-refractivity contribution in [2.75, 3.05) is 26.7 Å². The van der Waals surface area contributed by atoms with Gasteiger partial charge in [-0.15, -0.1) is 0 Å². The molecule has 2 aromatic rings. The fourth-order valence-electron chi connectivity index (χ4n) is 3.81. The van der Waals surface area contributed by atoms with Gasteiger partial charge in [0, 0.05) is 32.2 Å². The summed E-state index contributed by atoms with van der Waals surface area (Å²) in [5.74, 6) is 1.09. The van der Waals surface area contributed by atoms with E-state index in [0.29, 0.717) is 25.3 Å². The van der Waals surface area contributed by atoms with E-state index < -0.39 is 5.60 Å². The Labute approximate surface area is 191 Å². The lowest BCUT2D eigenvalue weighted by Gasteiger charge is -2.35. The molecule has 0 bridgehead atoms. The summed E-state index contributed by atoms with van der Waals surface area (Å²) in [6.45, 7) is 8.00. The summed E-state index contributed by atoms with van der Waals surface area (Å²) >= 11 is 0. The van der Waals surface area contributed by atoms with Crippen LogP contribution in [-0.2, 0) is 11.3 Å². The number of ether oxygens (including phenoxy) is 2. The highest BCUT2D eigenvalue weighted by Gasteiger charge is 2.27. The van der Waals surface area contributed by atoms with Crippen LogP contribution in [0.4, 0.5) is 4.79 Å². The van der Waals surface area contributed by atoms with Crippen LogP contribution in [0.25, 0.3) is 0 Å². The third-order valence-corrected chi connectivity index (χ3v) is 5.39. The van der Waals surface area contributed by atoms with E-state index in [4.69, 9.17) is 9.47 Å². The fourth-order valence-corrected chi connectivity index (χ4v) is 3.81. The van der Waals surface area contributed by atoms with Crippen LogP contribution in [0.5, 0.6) is 5.75 Å². The van der Waals surface area contributed by atoms with Crippen LogP contribution >= 0.6 is 0 Å². The number of rotatable bonds is 6. The summed E-state index contributed by atoms with van der Waals surface area (Å²) in [5.41, 5.74) is 1.17. The lowest BCUT2D eigenvalue weighted by molar-refractivity contribution is 0.0244. The summed E-state index contributed by atoms with van der Waals surface area (Å²) in [6.07, 6.45) is 1.60. The highest BCUT2D eigenvalue weighted by Crippen LogP contribution is 2.21. The number of amides is 2. The Bertz CT molecular complexity index is 890. The number of likely N-dealkylation sites (tertiary alicyclic amines) is 1. The molecular formula is C26H34N2O4. The molecule has 0 aromatic heterocycles. The SMILES string of the molecule is CN(CC1CCCN(C(=O)c2ccc(COc3ccccc3)cc2)C1)C(=O)OC(C)(C)C. The number of carbonyl (C=O) groups is 2. The van der Waals surface area contributed by atoms with Crippen molar-refractivity contribution in [3.63, 3.8) is 0 Å². The number of nitrogens with zero attached hydrogens (tertiary/aromatic N) is 2. The van der Waals surface area contributed by atoms with E-state index in [0.717, 1.165) is 30.7 Å². The fraction of sp³-hybridized carbons (Fsp3) is 0.462. The lowest BCUT2D eigenvalue weighted by Crippen LogP contribution is -2.45. The van der Waals surface area contributed by atoms with Gasteiger partial charge < -0.3 is 19.3 Å². The first-order valence-electron chi connectivity index (χ1n) is 11.2. The predicted octanol–water partition coefficient (Wildman–Crippen LogP) is 4.98. The van der Waals surface area contributed by atoms with Crippen LogP contribution in [-0.4, -0.2) is 54.1 Å². The molecule has 1 aliphatic heterocycles. The van der Waals surface area contributed by atoms with Gasteiger partial charge in [-0.2, -0.15) is 0 Å². The molecule has 0 spiro atoms. The largest absolute Gasteiger partial charge is 0.489 e. The molecule has 6 nitrogen and oxygen atoms in total. The van der Waals surface area contributed by atoms with Gasteiger partial charge >= 0.3 is 6.09 Å². The Morgan fingerprint density at radius 1 is 1.06 bits per heavy atom. The summed E-state index contributed by atoms with van der Waals surface area (Å²) in [4.78, 5) is 28.8. The molecule has 1 saturated heterocycles. The van der Waals surface area contributed by atoms with E-state index in [-0.39, 0.29) is 17.9 Å². The maximum Gasteiger partial charge on any atom is 0.410 e. The van der Waals surface area contributed by atoms with Crippen LogP contribution in [0.15, 0.2) is 54.6 Å². The zero-order chi connectivity index (χ0) is 23.1. The molecule has 1 atom stereocenters. The number of benzene rings is 2. The van der Waals surface area contributed by atoms with Crippen LogP contribution in [0.3, 0.4) is 0 Å². The molecule has 1 heterocycles. The zero-order valence-corrected chi connectivity index (χ0v) is 19.5. The van der Waals surface area contributed by atoms with E-state index in [2.05, 4.69) is 0 Å². The van der Waals surface area contributed by atoms with Crippen molar-refractivity contribution in [2.45, 2.75) is 45.8 Å². The Kier molecular flexibility index (Phi) is 7.78. The number of piperidine rings is 1. The van der Waals surface area contributed by atoms with Gasteiger partial charge in [-0.1, -0.05) is 30.3 Å². The first-order chi connectivity index (χ1) is 15.2. The average Bonchev–Trinajstić information content (AvgIpc) is 2.77. The minimum atomic E-state index is -0.516. The molecule has 32 heavy (non-hydrogen) atoms. The van der Waals surface area contributed by atoms with Gasteiger partial charge in [0.25, 0.3) is 5.91 Å². The third-order valence-electron chi connectivity index (χ3n) is 5.39. The molecule has 0 saturated carbocycles. The molecule has 1 fully saturated rings. The van der Waals surface area contributed by atoms with Gasteiger partial charge in [0.05, 0.1) is 0 Å². The van der Waals surface area contributed by atoms with Crippen molar-refractivity contribution in [2.24, 2.45) is 5.92 Å². The van der Waals surface area contributed by atoms with Crippen LogP contribution in [0, 0.1) is 5.92 Å². The van der Waals surface area contributed by atoms with Crippen molar-refractivity contribution in [1.29, 1.82) is 0 Å². The minimum absolute atomic E-state index is 0.0325. The second-order valence-corrected chi connectivity index (χ2v) is 9.42. The average molecular weight is 439 g/mol. The van der Waals surface area contributed by atoms with E-state index in [1.165, 1.54) is 0 Å². The standard InChI is InChI=1S/C26H34N2O4/c1-26(2,3)32-25(30)27(4)17-21-9-8-16-28(18-21)24(29)22-14-12-20(13-15-22)19-31-23-10-6-5-7-11-23/h5-7,10-15,21H,8-9,16-19H2,1-4H3. The zero-order valence-electron chi connectivity index (χ0n) is 19.5. The summed E-state index contributed by atoms with van der Waals surface area (Å²) in [5, 5.41) is 0. The van der Waals surface area contributed by atoms with E-state index in [1.54, 1.807) is 11.9 Å². The van der Waals surface area contributed by atoms with Crippen molar-refractivity contribution in [3.8, 4) is 5.75 Å². The minimum Gasteiger partial charge on any atom is -0.489 e. The molecule has 2 aromatic carbocycles. The van der Waals surface area contributed by atoms with Crippen molar-refractivity contribution < 1.29 is 19.1 Å². The van der Waals surface area contributed by atoms with Crippen molar-refractivity contribution >= 4 is 12.0 Å². The Hall–Kier alpha value is -3.02. The molecule has 0 aliphatic carbocycles. The van der Waals surface area contributed by atoms with E-state index in [9.17, 15) is 9.59 Å². The summed E-state index contributed by atoms with van der Waals surface area (Å²) < 4.78 is 11.2. The molecule has 0 radical (unpaired) electrons. The first kappa shape index (κ1) is 23.6. The maximum absolute atomic E-state index is 13.0.